The first-order valence-electron chi connectivity index (χ1n) is 4.63. The summed E-state index contributed by atoms with van der Waals surface area (Å²) in [6.45, 7) is 1.12. The minimum Gasteiger partial charge on any atom is -0.476 e. The summed E-state index contributed by atoms with van der Waals surface area (Å²) in [7, 11) is 0. The summed E-state index contributed by atoms with van der Waals surface area (Å²) in [4.78, 5) is 14.7. The number of carbonyl (C=O) groups is 1. The quantitative estimate of drug-likeness (QED) is 0.863. The second-order valence-corrected chi connectivity index (χ2v) is 4.74. The molecule has 2 aromatic heterocycles. The number of hydrogen-bond donors (Lipinski definition) is 2. The standard InChI is InChI=1S/C8H8BrN5O2S/c9-6-4-17-8(11-6)10-1-2-14-3-5(7(15)16)12-13-14/h3-4H,1-2H2,(H,10,11)(H,15,16). The molecule has 0 fully saturated rings. The number of aromatic nitrogens is 4. The minimum atomic E-state index is -1.08. The van der Waals surface area contributed by atoms with Crippen molar-refractivity contribution in [3.63, 3.8) is 0 Å². The van der Waals surface area contributed by atoms with Gasteiger partial charge in [0.25, 0.3) is 0 Å². The third-order valence-corrected chi connectivity index (χ3v) is 3.36. The highest BCUT2D eigenvalue weighted by Crippen LogP contribution is 2.18. The number of halogens is 1. The molecular weight excluding hydrogens is 310 g/mol. The second kappa shape index (κ2) is 5.23. The Kier molecular flexibility index (Phi) is 3.69. The van der Waals surface area contributed by atoms with Gasteiger partial charge in [0.05, 0.1) is 12.7 Å². The van der Waals surface area contributed by atoms with Gasteiger partial charge in [0.2, 0.25) is 0 Å². The fraction of sp³-hybridized carbons (Fsp3) is 0.250. The highest BCUT2D eigenvalue weighted by atomic mass is 79.9. The van der Waals surface area contributed by atoms with Gasteiger partial charge in [-0.3, -0.25) is 0 Å². The van der Waals surface area contributed by atoms with Crippen molar-refractivity contribution in [3.05, 3.63) is 21.9 Å². The number of thiazole rings is 1. The van der Waals surface area contributed by atoms with Crippen LogP contribution >= 0.6 is 27.3 Å². The number of nitrogens with one attached hydrogen (secondary N) is 1. The highest BCUT2D eigenvalue weighted by molar-refractivity contribution is 9.10. The maximum Gasteiger partial charge on any atom is 0.358 e. The lowest BCUT2D eigenvalue weighted by Gasteiger charge is -2.01. The van der Waals surface area contributed by atoms with E-state index in [4.69, 9.17) is 5.11 Å². The van der Waals surface area contributed by atoms with Crippen molar-refractivity contribution >= 4 is 38.4 Å². The minimum absolute atomic E-state index is 0.0537. The molecule has 0 atom stereocenters. The Morgan fingerprint density at radius 3 is 3.06 bits per heavy atom. The first-order valence-corrected chi connectivity index (χ1v) is 6.31. The van der Waals surface area contributed by atoms with E-state index < -0.39 is 5.97 Å². The first-order chi connectivity index (χ1) is 8.15. The van der Waals surface area contributed by atoms with Crippen LogP contribution in [-0.2, 0) is 6.54 Å². The van der Waals surface area contributed by atoms with Crippen LogP contribution in [-0.4, -0.2) is 37.6 Å². The number of aromatic carboxylic acids is 1. The predicted octanol–water partition coefficient (Wildman–Crippen LogP) is 1.31. The average molecular weight is 318 g/mol. The predicted molar refractivity (Wildman–Crippen MR) is 65.3 cm³/mol. The van der Waals surface area contributed by atoms with Crippen LogP contribution in [0, 0.1) is 0 Å². The summed E-state index contributed by atoms with van der Waals surface area (Å²) in [5.41, 5.74) is -0.0537. The monoisotopic (exact) mass is 317 g/mol. The molecule has 0 bridgehead atoms. The molecule has 0 aliphatic carbocycles. The van der Waals surface area contributed by atoms with Crippen LogP contribution in [0.15, 0.2) is 16.2 Å². The average Bonchev–Trinajstić information content (AvgIpc) is 2.88. The topological polar surface area (TPSA) is 92.9 Å². The van der Waals surface area contributed by atoms with E-state index in [1.54, 1.807) is 0 Å². The third kappa shape index (κ3) is 3.24. The summed E-state index contributed by atoms with van der Waals surface area (Å²) >= 11 is 4.74. The van der Waals surface area contributed by atoms with Crippen molar-refractivity contribution in [1.82, 2.24) is 20.0 Å². The van der Waals surface area contributed by atoms with Crippen LogP contribution in [0.4, 0.5) is 5.13 Å². The zero-order valence-corrected chi connectivity index (χ0v) is 10.9. The Balaban J connectivity index is 1.83. The molecule has 2 rings (SSSR count). The fourth-order valence-corrected chi connectivity index (χ4v) is 2.29. The number of hydrogen-bond acceptors (Lipinski definition) is 6. The van der Waals surface area contributed by atoms with Crippen molar-refractivity contribution in [2.45, 2.75) is 6.54 Å². The van der Waals surface area contributed by atoms with E-state index in [2.05, 4.69) is 36.5 Å². The van der Waals surface area contributed by atoms with Crippen molar-refractivity contribution in [3.8, 4) is 0 Å². The Morgan fingerprint density at radius 1 is 1.65 bits per heavy atom. The van der Waals surface area contributed by atoms with Crippen LogP contribution < -0.4 is 5.32 Å². The van der Waals surface area contributed by atoms with Gasteiger partial charge in [-0.2, -0.15) is 0 Å². The van der Waals surface area contributed by atoms with Gasteiger partial charge in [0.15, 0.2) is 10.8 Å². The fourth-order valence-electron chi connectivity index (χ4n) is 1.12. The van der Waals surface area contributed by atoms with Gasteiger partial charge in [-0.05, 0) is 15.9 Å². The molecule has 9 heteroatoms. The number of carboxylic acid groups (broad SMARTS) is 1. The Hall–Kier alpha value is -1.48. The lowest BCUT2D eigenvalue weighted by atomic mass is 10.5. The van der Waals surface area contributed by atoms with E-state index in [0.717, 1.165) is 9.73 Å². The number of nitrogens with zero attached hydrogens (tertiary/aromatic N) is 4. The SMILES string of the molecule is O=C(O)c1cn(CCNc2nc(Br)cs2)nn1. The van der Waals surface area contributed by atoms with Crippen molar-refractivity contribution < 1.29 is 9.90 Å². The summed E-state index contributed by atoms with van der Waals surface area (Å²) in [6.07, 6.45) is 1.39. The molecule has 17 heavy (non-hydrogen) atoms. The summed E-state index contributed by atoms with van der Waals surface area (Å²) in [5.74, 6) is -1.08. The lowest BCUT2D eigenvalue weighted by molar-refractivity contribution is 0.0690. The molecular formula is C8H8BrN5O2S. The summed E-state index contributed by atoms with van der Waals surface area (Å²) < 4.78 is 2.26. The molecule has 7 nitrogen and oxygen atoms in total. The maximum atomic E-state index is 10.6. The molecule has 0 spiro atoms. The van der Waals surface area contributed by atoms with Crippen LogP contribution in [0.1, 0.15) is 10.5 Å². The molecule has 0 aliphatic rings. The van der Waals surface area contributed by atoms with Gasteiger partial charge >= 0.3 is 5.97 Å². The molecule has 0 saturated heterocycles. The van der Waals surface area contributed by atoms with Gasteiger partial charge in [0, 0.05) is 11.9 Å². The molecule has 0 amide bonds. The Morgan fingerprint density at radius 2 is 2.47 bits per heavy atom. The molecule has 90 valence electrons. The highest BCUT2D eigenvalue weighted by Gasteiger charge is 2.07. The van der Waals surface area contributed by atoms with Gasteiger partial charge in [-0.1, -0.05) is 5.21 Å². The maximum absolute atomic E-state index is 10.6. The van der Waals surface area contributed by atoms with Crippen molar-refractivity contribution in [2.24, 2.45) is 0 Å². The van der Waals surface area contributed by atoms with Gasteiger partial charge in [-0.15, -0.1) is 16.4 Å². The van der Waals surface area contributed by atoms with Crippen LogP contribution in [0.3, 0.4) is 0 Å². The number of carboxylic acids is 1. The largest absolute Gasteiger partial charge is 0.476 e. The molecule has 2 N–H and O–H groups in total. The van der Waals surface area contributed by atoms with E-state index >= 15 is 0 Å². The third-order valence-electron chi connectivity index (χ3n) is 1.85. The second-order valence-electron chi connectivity index (χ2n) is 3.07. The van der Waals surface area contributed by atoms with E-state index in [9.17, 15) is 4.79 Å². The summed E-state index contributed by atoms with van der Waals surface area (Å²) in [6, 6.07) is 0. The van der Waals surface area contributed by atoms with E-state index in [-0.39, 0.29) is 5.69 Å². The smallest absolute Gasteiger partial charge is 0.358 e. The van der Waals surface area contributed by atoms with Gasteiger partial charge in [0.1, 0.15) is 4.60 Å². The molecule has 0 unspecified atom stereocenters. The Labute approximate surface area is 109 Å². The molecule has 0 radical (unpaired) electrons. The molecule has 0 aromatic carbocycles. The van der Waals surface area contributed by atoms with E-state index in [1.807, 2.05) is 5.38 Å². The van der Waals surface area contributed by atoms with Crippen molar-refractivity contribution in [2.75, 3.05) is 11.9 Å². The molecule has 2 aromatic rings. The van der Waals surface area contributed by atoms with Crippen LogP contribution in [0.5, 0.6) is 0 Å². The lowest BCUT2D eigenvalue weighted by Crippen LogP contribution is -2.10. The molecule has 0 saturated carbocycles. The number of rotatable bonds is 5. The normalized spacial score (nSPS) is 10.4. The van der Waals surface area contributed by atoms with Crippen LogP contribution in [0.25, 0.3) is 0 Å². The first kappa shape index (κ1) is 12.0. The molecule has 2 heterocycles. The Bertz CT molecular complexity index is 525. The van der Waals surface area contributed by atoms with Gasteiger partial charge < -0.3 is 10.4 Å². The zero-order valence-electron chi connectivity index (χ0n) is 8.50. The molecule has 0 aliphatic heterocycles. The zero-order chi connectivity index (χ0) is 12.3. The summed E-state index contributed by atoms with van der Waals surface area (Å²) in [5, 5.41) is 21.6. The van der Waals surface area contributed by atoms with Crippen molar-refractivity contribution in [1.29, 1.82) is 0 Å². The number of anilines is 1. The van der Waals surface area contributed by atoms with Crippen LogP contribution in [0.2, 0.25) is 0 Å². The van der Waals surface area contributed by atoms with Gasteiger partial charge in [-0.25, -0.2) is 14.5 Å². The van der Waals surface area contributed by atoms with E-state index in [1.165, 1.54) is 22.2 Å². The van der Waals surface area contributed by atoms with E-state index in [0.29, 0.717) is 13.1 Å².